The van der Waals surface area contributed by atoms with E-state index >= 15 is 0 Å². The molecule has 0 aliphatic carbocycles. The summed E-state index contributed by atoms with van der Waals surface area (Å²) in [5, 5.41) is 10.2. The lowest BCUT2D eigenvalue weighted by Crippen LogP contribution is -2.41. The zero-order valence-corrected chi connectivity index (χ0v) is 17.4. The van der Waals surface area contributed by atoms with E-state index in [0.717, 1.165) is 25.5 Å². The molecular weight excluding hydrogens is 407 g/mol. The molecule has 0 aliphatic heterocycles. The van der Waals surface area contributed by atoms with Crippen LogP contribution in [0.15, 0.2) is 9.52 Å². The first kappa shape index (κ1) is 22.1. The molecule has 0 unspecified atom stereocenters. The minimum Gasteiger partial charge on any atom is -0.356 e. The molecule has 0 fully saturated rings. The molecule has 134 valence electrons. The molecule has 7 nitrogen and oxygen atoms in total. The fourth-order valence-corrected chi connectivity index (χ4v) is 2.37. The molecule has 0 atom stereocenters. The van der Waals surface area contributed by atoms with Gasteiger partial charge in [0.15, 0.2) is 11.8 Å². The number of hydrogen-bond donors (Lipinski definition) is 2. The number of aliphatic imine (C=N–C) groups is 1. The summed E-state index contributed by atoms with van der Waals surface area (Å²) in [5.74, 6) is 1.95. The summed E-state index contributed by atoms with van der Waals surface area (Å²) < 4.78 is 5.06. The number of nitrogens with one attached hydrogen (secondary N) is 2. The second-order valence-corrected chi connectivity index (χ2v) is 5.87. The number of halogens is 1. The highest BCUT2D eigenvalue weighted by molar-refractivity contribution is 14.0. The zero-order chi connectivity index (χ0) is 16.5. The number of rotatable bonds is 8. The minimum absolute atomic E-state index is 0. The van der Waals surface area contributed by atoms with Gasteiger partial charge in [0.05, 0.1) is 6.54 Å². The summed E-state index contributed by atoms with van der Waals surface area (Å²) >= 11 is 0. The first-order valence-corrected chi connectivity index (χ1v) is 7.93. The molecule has 0 bridgehead atoms. The molecule has 1 aromatic rings. The third-order valence-corrected chi connectivity index (χ3v) is 3.41. The van der Waals surface area contributed by atoms with Crippen molar-refractivity contribution in [3.8, 4) is 0 Å². The van der Waals surface area contributed by atoms with Crippen molar-refractivity contribution in [1.82, 2.24) is 25.7 Å². The Balaban J connectivity index is 0.00000484. The summed E-state index contributed by atoms with van der Waals surface area (Å²) in [5.41, 5.74) is 0. The van der Waals surface area contributed by atoms with Crippen LogP contribution in [0.3, 0.4) is 0 Å². The molecule has 0 saturated carbocycles. The van der Waals surface area contributed by atoms with Gasteiger partial charge in [-0.2, -0.15) is 4.98 Å². The van der Waals surface area contributed by atoms with Crippen molar-refractivity contribution < 1.29 is 4.52 Å². The van der Waals surface area contributed by atoms with E-state index in [1.807, 2.05) is 0 Å². The Kier molecular flexibility index (Phi) is 11.2. The third kappa shape index (κ3) is 8.50. The van der Waals surface area contributed by atoms with Crippen LogP contribution in [0.5, 0.6) is 0 Å². The van der Waals surface area contributed by atoms with Crippen molar-refractivity contribution in [3.63, 3.8) is 0 Å². The van der Waals surface area contributed by atoms with E-state index in [4.69, 9.17) is 4.52 Å². The van der Waals surface area contributed by atoms with E-state index in [1.54, 1.807) is 14.0 Å². The lowest BCUT2D eigenvalue weighted by atomic mass is 10.2. The molecule has 0 saturated heterocycles. The average molecular weight is 438 g/mol. The second-order valence-electron chi connectivity index (χ2n) is 5.87. The molecule has 1 heterocycles. The fraction of sp³-hybridized carbons (Fsp3) is 0.800. The molecule has 0 radical (unpaired) electrons. The lowest BCUT2D eigenvalue weighted by molar-refractivity contribution is 0.173. The highest BCUT2D eigenvalue weighted by atomic mass is 127. The standard InChI is InChI=1S/C15H30N6O.HI/c1-11(2)21(12(3)4)9-7-8-17-15(16-6)18-10-14-19-13(5)20-22-14;/h11-12H,7-10H2,1-6H3,(H2,16,17,18);1H. The van der Waals surface area contributed by atoms with Crippen LogP contribution >= 0.6 is 24.0 Å². The largest absolute Gasteiger partial charge is 0.356 e. The molecule has 2 N–H and O–H groups in total. The van der Waals surface area contributed by atoms with Gasteiger partial charge in [0.2, 0.25) is 5.89 Å². The Hall–Kier alpha value is -0.900. The summed E-state index contributed by atoms with van der Waals surface area (Å²) in [7, 11) is 1.75. The van der Waals surface area contributed by atoms with Gasteiger partial charge < -0.3 is 15.2 Å². The summed E-state index contributed by atoms with van der Waals surface area (Å²) in [6.45, 7) is 13.2. The van der Waals surface area contributed by atoms with Crippen molar-refractivity contribution in [2.24, 2.45) is 4.99 Å². The lowest BCUT2D eigenvalue weighted by Gasteiger charge is -2.30. The van der Waals surface area contributed by atoms with Crippen molar-refractivity contribution in [2.45, 2.75) is 59.7 Å². The quantitative estimate of drug-likeness (QED) is 0.280. The monoisotopic (exact) mass is 438 g/mol. The Morgan fingerprint density at radius 3 is 2.35 bits per heavy atom. The van der Waals surface area contributed by atoms with Crippen LogP contribution in [0.25, 0.3) is 0 Å². The number of aromatic nitrogens is 2. The fourth-order valence-electron chi connectivity index (χ4n) is 2.37. The highest BCUT2D eigenvalue weighted by Crippen LogP contribution is 2.05. The first-order chi connectivity index (χ1) is 10.4. The van der Waals surface area contributed by atoms with Crippen LogP contribution in [0, 0.1) is 6.92 Å². The van der Waals surface area contributed by atoms with E-state index in [2.05, 4.69) is 58.4 Å². The van der Waals surface area contributed by atoms with E-state index < -0.39 is 0 Å². The van der Waals surface area contributed by atoms with Gasteiger partial charge in [-0.05, 0) is 41.0 Å². The predicted octanol–water partition coefficient (Wildman–Crippen LogP) is 2.17. The molecule has 8 heteroatoms. The van der Waals surface area contributed by atoms with Crippen LogP contribution in [0.2, 0.25) is 0 Å². The van der Waals surface area contributed by atoms with Gasteiger partial charge in [0.1, 0.15) is 0 Å². The Labute approximate surface area is 156 Å². The van der Waals surface area contributed by atoms with Crippen molar-refractivity contribution in [2.75, 3.05) is 20.1 Å². The second kappa shape index (κ2) is 11.6. The molecule has 0 aromatic carbocycles. The summed E-state index contributed by atoms with van der Waals surface area (Å²) in [4.78, 5) is 10.8. The normalized spacial score (nSPS) is 12.0. The Bertz CT molecular complexity index is 453. The van der Waals surface area contributed by atoms with Crippen LogP contribution < -0.4 is 10.6 Å². The zero-order valence-electron chi connectivity index (χ0n) is 15.1. The highest BCUT2D eigenvalue weighted by Gasteiger charge is 2.12. The number of aryl methyl sites for hydroxylation is 1. The van der Waals surface area contributed by atoms with Crippen molar-refractivity contribution >= 4 is 29.9 Å². The van der Waals surface area contributed by atoms with Gasteiger partial charge >= 0.3 is 0 Å². The molecule has 0 spiro atoms. The van der Waals surface area contributed by atoms with Crippen LogP contribution in [0.4, 0.5) is 0 Å². The summed E-state index contributed by atoms with van der Waals surface area (Å²) in [6, 6.07) is 1.14. The maximum absolute atomic E-state index is 5.06. The maximum Gasteiger partial charge on any atom is 0.246 e. The van der Waals surface area contributed by atoms with Crippen LogP contribution in [-0.2, 0) is 6.54 Å². The van der Waals surface area contributed by atoms with E-state index in [-0.39, 0.29) is 24.0 Å². The molecular formula is C15H31IN6O. The van der Waals surface area contributed by atoms with Gasteiger partial charge in [-0.1, -0.05) is 5.16 Å². The van der Waals surface area contributed by atoms with Gasteiger partial charge in [-0.15, -0.1) is 24.0 Å². The molecule has 0 amide bonds. The van der Waals surface area contributed by atoms with Crippen LogP contribution in [0.1, 0.15) is 45.8 Å². The van der Waals surface area contributed by atoms with Crippen molar-refractivity contribution in [3.05, 3.63) is 11.7 Å². The topological polar surface area (TPSA) is 78.6 Å². The minimum atomic E-state index is 0. The van der Waals surface area contributed by atoms with Crippen molar-refractivity contribution in [1.29, 1.82) is 0 Å². The predicted molar refractivity (Wildman–Crippen MR) is 104 cm³/mol. The van der Waals surface area contributed by atoms with Gasteiger partial charge in [0.25, 0.3) is 0 Å². The summed E-state index contributed by atoms with van der Waals surface area (Å²) in [6.07, 6.45) is 1.07. The maximum atomic E-state index is 5.06. The average Bonchev–Trinajstić information content (AvgIpc) is 2.86. The number of guanidine groups is 1. The first-order valence-electron chi connectivity index (χ1n) is 7.93. The van der Waals surface area contributed by atoms with E-state index in [1.165, 1.54) is 0 Å². The number of nitrogens with zero attached hydrogens (tertiary/aromatic N) is 4. The Morgan fingerprint density at radius 1 is 1.22 bits per heavy atom. The van der Waals surface area contributed by atoms with Gasteiger partial charge in [-0.3, -0.25) is 9.89 Å². The number of hydrogen-bond acceptors (Lipinski definition) is 5. The Morgan fingerprint density at radius 2 is 1.87 bits per heavy atom. The third-order valence-electron chi connectivity index (χ3n) is 3.41. The smallest absolute Gasteiger partial charge is 0.246 e. The SMILES string of the molecule is CN=C(NCCCN(C(C)C)C(C)C)NCc1nc(C)no1.I. The molecule has 23 heavy (non-hydrogen) atoms. The molecule has 1 aromatic heterocycles. The molecule has 1 rings (SSSR count). The van der Waals surface area contributed by atoms with E-state index in [0.29, 0.717) is 30.3 Å². The van der Waals surface area contributed by atoms with Crippen LogP contribution in [-0.4, -0.2) is 53.2 Å². The van der Waals surface area contributed by atoms with Gasteiger partial charge in [-0.25, -0.2) is 0 Å². The molecule has 0 aliphatic rings. The van der Waals surface area contributed by atoms with E-state index in [9.17, 15) is 0 Å². The van der Waals surface area contributed by atoms with Gasteiger partial charge in [0, 0.05) is 32.2 Å².